The molecule has 0 fully saturated rings. The fraction of sp³-hybridized carbons (Fsp3) is 0.286. The molecule has 0 spiro atoms. The van der Waals surface area contributed by atoms with Crippen LogP contribution in [0.2, 0.25) is 0 Å². The summed E-state index contributed by atoms with van der Waals surface area (Å²) in [5.41, 5.74) is 2.77. The van der Waals surface area contributed by atoms with Gasteiger partial charge in [-0.05, 0) is 49.6 Å². The van der Waals surface area contributed by atoms with E-state index < -0.39 is 0 Å². The molecule has 0 atom stereocenters. The minimum absolute atomic E-state index is 0.918. The van der Waals surface area contributed by atoms with Gasteiger partial charge in [-0.25, -0.2) is 0 Å². The van der Waals surface area contributed by atoms with E-state index in [2.05, 4.69) is 32.0 Å². The number of hydrogen-bond donors (Lipinski definition) is 0. The zero-order valence-electron chi connectivity index (χ0n) is 9.91. The summed E-state index contributed by atoms with van der Waals surface area (Å²) in [5, 5.41) is 0. The van der Waals surface area contributed by atoms with Gasteiger partial charge in [-0.15, -0.1) is 11.3 Å². The average Bonchev–Trinajstić information content (AvgIpc) is 2.59. The van der Waals surface area contributed by atoms with E-state index in [9.17, 15) is 0 Å². The number of thiophene rings is 1. The molecule has 1 aromatic heterocycles. The Hall–Kier alpha value is -1.28. The Bertz CT molecular complexity index is 468. The molecular weight excluding hydrogens is 216 g/mol. The zero-order valence-corrected chi connectivity index (χ0v) is 10.7. The third-order valence-corrected chi connectivity index (χ3v) is 3.71. The van der Waals surface area contributed by atoms with Gasteiger partial charge in [0.15, 0.2) is 0 Å². The molecule has 0 amide bonds. The molecule has 0 saturated heterocycles. The maximum atomic E-state index is 5.15. The first-order chi connectivity index (χ1) is 7.69. The number of ether oxygens (including phenoxy) is 1. The first-order valence-electron chi connectivity index (χ1n) is 5.38. The van der Waals surface area contributed by atoms with Crippen LogP contribution in [-0.2, 0) is 6.42 Å². The second-order valence-electron chi connectivity index (χ2n) is 3.96. The van der Waals surface area contributed by atoms with Crippen LogP contribution in [0.1, 0.15) is 20.9 Å². The van der Waals surface area contributed by atoms with Gasteiger partial charge in [-0.3, -0.25) is 0 Å². The number of methoxy groups -OCH3 is 1. The second-order valence-corrected chi connectivity index (χ2v) is 5.42. The molecule has 2 aromatic rings. The van der Waals surface area contributed by atoms with Gasteiger partial charge in [0.25, 0.3) is 0 Å². The summed E-state index contributed by atoms with van der Waals surface area (Å²) in [6.45, 7) is 4.35. The average molecular weight is 232 g/mol. The van der Waals surface area contributed by atoms with E-state index in [0.29, 0.717) is 0 Å². The number of hydrogen-bond acceptors (Lipinski definition) is 2. The van der Waals surface area contributed by atoms with Gasteiger partial charge in [0.1, 0.15) is 5.75 Å². The molecule has 84 valence electrons. The van der Waals surface area contributed by atoms with Crippen LogP contribution in [0.5, 0.6) is 5.75 Å². The van der Waals surface area contributed by atoms with Crippen molar-refractivity contribution in [3.8, 4) is 5.75 Å². The molecule has 0 radical (unpaired) electrons. The van der Waals surface area contributed by atoms with Crippen molar-refractivity contribution in [3.63, 3.8) is 0 Å². The fourth-order valence-electron chi connectivity index (χ4n) is 1.82. The van der Waals surface area contributed by atoms with Gasteiger partial charge in [0, 0.05) is 9.75 Å². The Balaban J connectivity index is 2.17. The van der Waals surface area contributed by atoms with Crippen LogP contribution < -0.4 is 4.74 Å². The largest absolute Gasteiger partial charge is 0.497 e. The predicted molar refractivity (Wildman–Crippen MR) is 69.6 cm³/mol. The highest BCUT2D eigenvalue weighted by atomic mass is 32.1. The monoisotopic (exact) mass is 232 g/mol. The van der Waals surface area contributed by atoms with Gasteiger partial charge < -0.3 is 4.74 Å². The first kappa shape index (κ1) is 11.2. The Labute approximate surface area is 101 Å². The van der Waals surface area contributed by atoms with Crippen LogP contribution in [0.25, 0.3) is 0 Å². The third kappa shape index (κ3) is 2.45. The summed E-state index contributed by atoms with van der Waals surface area (Å²) in [4.78, 5) is 2.81. The summed E-state index contributed by atoms with van der Waals surface area (Å²) >= 11 is 1.87. The molecule has 0 aliphatic carbocycles. The standard InChI is InChI=1S/C14H16OS/c1-10-8-13(11(2)16-10)9-12-4-6-14(15-3)7-5-12/h4-8H,9H2,1-3H3. The Morgan fingerprint density at radius 1 is 1.12 bits per heavy atom. The molecule has 1 nitrogen and oxygen atoms in total. The molecular formula is C14H16OS. The van der Waals surface area contributed by atoms with Gasteiger partial charge in [-0.1, -0.05) is 12.1 Å². The molecule has 2 rings (SSSR count). The maximum Gasteiger partial charge on any atom is 0.118 e. The van der Waals surface area contributed by atoms with Gasteiger partial charge >= 0.3 is 0 Å². The molecule has 0 unspecified atom stereocenters. The fourth-order valence-corrected chi connectivity index (χ4v) is 2.77. The second kappa shape index (κ2) is 4.71. The van der Waals surface area contributed by atoms with Crippen molar-refractivity contribution in [2.24, 2.45) is 0 Å². The lowest BCUT2D eigenvalue weighted by molar-refractivity contribution is 0.414. The van der Waals surface area contributed by atoms with Crippen LogP contribution in [0.4, 0.5) is 0 Å². The van der Waals surface area contributed by atoms with Gasteiger partial charge in [0.2, 0.25) is 0 Å². The van der Waals surface area contributed by atoms with Gasteiger partial charge in [-0.2, -0.15) is 0 Å². The summed E-state index contributed by atoms with van der Waals surface area (Å²) < 4.78 is 5.15. The molecule has 0 aliphatic heterocycles. The van der Waals surface area contributed by atoms with E-state index in [4.69, 9.17) is 4.74 Å². The molecule has 16 heavy (non-hydrogen) atoms. The smallest absolute Gasteiger partial charge is 0.118 e. The highest BCUT2D eigenvalue weighted by molar-refractivity contribution is 7.12. The van der Waals surface area contributed by atoms with Crippen molar-refractivity contribution >= 4 is 11.3 Å². The molecule has 0 bridgehead atoms. The summed E-state index contributed by atoms with van der Waals surface area (Å²) in [5.74, 6) is 0.918. The Kier molecular flexibility index (Phi) is 3.30. The highest BCUT2D eigenvalue weighted by Crippen LogP contribution is 2.23. The van der Waals surface area contributed by atoms with E-state index >= 15 is 0 Å². The van der Waals surface area contributed by atoms with Crippen LogP contribution in [0, 0.1) is 13.8 Å². The normalized spacial score (nSPS) is 10.4. The third-order valence-electron chi connectivity index (χ3n) is 2.70. The van der Waals surface area contributed by atoms with Crippen LogP contribution in [-0.4, -0.2) is 7.11 Å². The minimum atomic E-state index is 0.918. The lowest BCUT2D eigenvalue weighted by Gasteiger charge is -2.03. The number of benzene rings is 1. The highest BCUT2D eigenvalue weighted by Gasteiger charge is 2.03. The first-order valence-corrected chi connectivity index (χ1v) is 6.19. The summed E-state index contributed by atoms with van der Waals surface area (Å²) in [6, 6.07) is 10.6. The minimum Gasteiger partial charge on any atom is -0.497 e. The number of aryl methyl sites for hydroxylation is 2. The van der Waals surface area contributed by atoms with Gasteiger partial charge in [0.05, 0.1) is 7.11 Å². The van der Waals surface area contributed by atoms with E-state index in [-0.39, 0.29) is 0 Å². The van der Waals surface area contributed by atoms with E-state index in [1.807, 2.05) is 23.5 Å². The lowest BCUT2D eigenvalue weighted by Crippen LogP contribution is -1.88. The van der Waals surface area contributed by atoms with E-state index in [1.165, 1.54) is 20.9 Å². The Morgan fingerprint density at radius 2 is 1.81 bits per heavy atom. The molecule has 2 heteroatoms. The Morgan fingerprint density at radius 3 is 2.31 bits per heavy atom. The molecule has 1 aromatic carbocycles. The lowest BCUT2D eigenvalue weighted by atomic mass is 10.1. The topological polar surface area (TPSA) is 9.23 Å². The summed E-state index contributed by atoms with van der Waals surface area (Å²) in [7, 11) is 1.70. The van der Waals surface area contributed by atoms with E-state index in [1.54, 1.807) is 7.11 Å². The maximum absolute atomic E-state index is 5.15. The molecule has 0 saturated carbocycles. The van der Waals surface area contributed by atoms with Crippen molar-refractivity contribution in [1.29, 1.82) is 0 Å². The van der Waals surface area contributed by atoms with Crippen LogP contribution in [0.3, 0.4) is 0 Å². The van der Waals surface area contributed by atoms with Crippen molar-refractivity contribution in [3.05, 3.63) is 51.2 Å². The van der Waals surface area contributed by atoms with Crippen LogP contribution >= 0.6 is 11.3 Å². The quantitative estimate of drug-likeness (QED) is 0.778. The van der Waals surface area contributed by atoms with Crippen LogP contribution in [0.15, 0.2) is 30.3 Å². The van der Waals surface area contributed by atoms with Crippen molar-refractivity contribution in [1.82, 2.24) is 0 Å². The SMILES string of the molecule is COc1ccc(Cc2cc(C)sc2C)cc1. The zero-order chi connectivity index (χ0) is 11.5. The molecule has 0 aliphatic rings. The molecule has 0 N–H and O–H groups in total. The molecule has 1 heterocycles. The van der Waals surface area contributed by atoms with E-state index in [0.717, 1.165) is 12.2 Å². The predicted octanol–water partition coefficient (Wildman–Crippen LogP) is 3.96. The van der Waals surface area contributed by atoms with Crippen molar-refractivity contribution in [2.45, 2.75) is 20.3 Å². The number of rotatable bonds is 3. The summed E-state index contributed by atoms with van der Waals surface area (Å²) in [6.07, 6.45) is 1.01. The van der Waals surface area contributed by atoms with Crippen molar-refractivity contribution < 1.29 is 4.74 Å². The van der Waals surface area contributed by atoms with Crippen molar-refractivity contribution in [2.75, 3.05) is 7.11 Å².